The van der Waals surface area contributed by atoms with Gasteiger partial charge in [0, 0.05) is 52.4 Å². The van der Waals surface area contributed by atoms with Crippen molar-refractivity contribution < 1.29 is 13.2 Å². The molecule has 7 nitrogen and oxygen atoms in total. The number of amides is 1. The predicted octanol–water partition coefficient (Wildman–Crippen LogP) is 1.85. The lowest BCUT2D eigenvalue weighted by atomic mass is 10.2. The van der Waals surface area contributed by atoms with E-state index in [1.54, 1.807) is 0 Å². The first kappa shape index (κ1) is 22.8. The highest BCUT2D eigenvalue weighted by Gasteiger charge is 2.34. The minimum Gasteiger partial charge on any atom is -0.339 e. The van der Waals surface area contributed by atoms with Crippen LogP contribution in [0.3, 0.4) is 0 Å². The zero-order valence-corrected chi connectivity index (χ0v) is 19.2. The molecule has 1 amide bonds. The van der Waals surface area contributed by atoms with E-state index in [4.69, 9.17) is 23.2 Å². The van der Waals surface area contributed by atoms with Crippen LogP contribution in [0.2, 0.25) is 10.0 Å². The van der Waals surface area contributed by atoms with Crippen molar-refractivity contribution in [3.63, 3.8) is 0 Å². The first-order chi connectivity index (χ1) is 13.7. The number of hydrogen-bond acceptors (Lipinski definition) is 5. The van der Waals surface area contributed by atoms with Gasteiger partial charge in [-0.15, -0.1) is 0 Å². The maximum Gasteiger partial charge on any atom is 0.243 e. The second-order valence-corrected chi connectivity index (χ2v) is 10.2. The smallest absolute Gasteiger partial charge is 0.243 e. The average molecular weight is 463 g/mol. The third-order valence-electron chi connectivity index (χ3n) is 5.84. The number of benzene rings is 1. The molecule has 0 spiro atoms. The van der Waals surface area contributed by atoms with Gasteiger partial charge in [-0.2, -0.15) is 4.31 Å². The number of halogens is 2. The maximum absolute atomic E-state index is 12.9. The van der Waals surface area contributed by atoms with Crippen molar-refractivity contribution in [3.05, 3.63) is 28.2 Å². The fraction of sp³-hybridized carbons (Fsp3) is 0.632. The van der Waals surface area contributed by atoms with E-state index >= 15 is 0 Å². The van der Waals surface area contributed by atoms with E-state index in [1.807, 2.05) is 11.8 Å². The zero-order chi connectivity index (χ0) is 21.2. The third kappa shape index (κ3) is 5.06. The summed E-state index contributed by atoms with van der Waals surface area (Å²) in [5, 5.41) is 0.538. The van der Waals surface area contributed by atoms with E-state index in [0.717, 1.165) is 32.7 Å². The Morgan fingerprint density at radius 3 is 2.17 bits per heavy atom. The largest absolute Gasteiger partial charge is 0.339 e. The van der Waals surface area contributed by atoms with Crippen LogP contribution < -0.4 is 0 Å². The lowest BCUT2D eigenvalue weighted by Crippen LogP contribution is -2.57. The van der Waals surface area contributed by atoms with Gasteiger partial charge >= 0.3 is 0 Å². The van der Waals surface area contributed by atoms with Gasteiger partial charge in [0.25, 0.3) is 0 Å². The molecular formula is C19H28Cl2N4O3S. The van der Waals surface area contributed by atoms with E-state index in [0.29, 0.717) is 31.2 Å². The van der Waals surface area contributed by atoms with Gasteiger partial charge in [-0.05, 0) is 31.7 Å². The number of piperazine rings is 2. The Kier molecular flexibility index (Phi) is 7.46. The molecule has 2 aliphatic heterocycles. The summed E-state index contributed by atoms with van der Waals surface area (Å²) in [6.45, 7) is 10.1. The Labute approximate surface area is 183 Å². The average Bonchev–Trinajstić information content (AvgIpc) is 2.74. The number of likely N-dealkylation sites (N-methyl/N-ethyl adjacent to an activating group) is 1. The van der Waals surface area contributed by atoms with Gasteiger partial charge < -0.3 is 9.80 Å². The lowest BCUT2D eigenvalue weighted by molar-refractivity contribution is -0.138. The summed E-state index contributed by atoms with van der Waals surface area (Å²) in [5.41, 5.74) is 0. The fourth-order valence-electron chi connectivity index (χ4n) is 3.82. The van der Waals surface area contributed by atoms with Crippen LogP contribution in [-0.2, 0) is 14.8 Å². The number of rotatable bonds is 5. The molecule has 1 aromatic rings. The van der Waals surface area contributed by atoms with E-state index in [-0.39, 0.29) is 21.9 Å². The summed E-state index contributed by atoms with van der Waals surface area (Å²) in [4.78, 5) is 19.3. The van der Waals surface area contributed by atoms with Crippen LogP contribution in [0.1, 0.15) is 13.8 Å². The van der Waals surface area contributed by atoms with Crippen molar-refractivity contribution in [2.75, 3.05) is 58.9 Å². The van der Waals surface area contributed by atoms with E-state index in [2.05, 4.69) is 16.7 Å². The Hall–Kier alpha value is -0.900. The van der Waals surface area contributed by atoms with Crippen LogP contribution in [0.5, 0.6) is 0 Å². The van der Waals surface area contributed by atoms with Gasteiger partial charge in [-0.1, -0.05) is 30.1 Å². The molecule has 10 heteroatoms. The van der Waals surface area contributed by atoms with Crippen LogP contribution in [0.4, 0.5) is 0 Å². The molecule has 0 saturated carbocycles. The molecule has 3 rings (SSSR count). The van der Waals surface area contributed by atoms with Crippen LogP contribution >= 0.6 is 23.2 Å². The number of hydrogen-bond donors (Lipinski definition) is 0. The van der Waals surface area contributed by atoms with Crippen LogP contribution in [0, 0.1) is 0 Å². The highest BCUT2D eigenvalue weighted by molar-refractivity contribution is 7.89. The second-order valence-electron chi connectivity index (χ2n) is 7.45. The van der Waals surface area contributed by atoms with E-state index in [9.17, 15) is 13.2 Å². The SMILES string of the molecule is CCN1CCN(C(=O)[C@@H](C)N2CCN(S(=O)(=O)c3ccc(Cl)c(Cl)c3)CC2)CC1. The molecule has 0 aromatic heterocycles. The maximum atomic E-state index is 12.9. The van der Waals surface area contributed by atoms with Crippen molar-refractivity contribution in [1.82, 2.24) is 19.0 Å². The van der Waals surface area contributed by atoms with Crippen molar-refractivity contribution in [1.29, 1.82) is 0 Å². The Morgan fingerprint density at radius 2 is 1.62 bits per heavy atom. The van der Waals surface area contributed by atoms with E-state index < -0.39 is 10.0 Å². The molecule has 0 N–H and O–H groups in total. The van der Waals surface area contributed by atoms with Crippen LogP contribution in [0.15, 0.2) is 23.1 Å². The minimum absolute atomic E-state index is 0.126. The summed E-state index contributed by atoms with van der Waals surface area (Å²) in [5.74, 6) is 0.126. The molecule has 2 heterocycles. The molecule has 2 aliphatic rings. The standard InChI is InChI=1S/C19H28Cl2N4O3S/c1-3-22-6-8-24(9-7-22)19(26)15(2)23-10-12-25(13-11-23)29(27,28)16-4-5-17(20)18(21)14-16/h4-5,14-15H,3,6-13H2,1-2H3/t15-/m1/s1. The fourth-order valence-corrected chi connectivity index (χ4v) is 5.63. The normalized spacial score (nSPS) is 21.3. The molecule has 0 unspecified atom stereocenters. The highest BCUT2D eigenvalue weighted by atomic mass is 35.5. The van der Waals surface area contributed by atoms with E-state index in [1.165, 1.54) is 22.5 Å². The van der Waals surface area contributed by atoms with Gasteiger partial charge in [0.1, 0.15) is 0 Å². The Balaban J connectivity index is 1.58. The van der Waals surface area contributed by atoms with Crippen molar-refractivity contribution in [2.45, 2.75) is 24.8 Å². The first-order valence-electron chi connectivity index (χ1n) is 9.94. The Morgan fingerprint density at radius 1 is 1.00 bits per heavy atom. The quantitative estimate of drug-likeness (QED) is 0.667. The molecular weight excluding hydrogens is 435 g/mol. The summed E-state index contributed by atoms with van der Waals surface area (Å²) >= 11 is 11.9. The number of nitrogens with zero attached hydrogens (tertiary/aromatic N) is 4. The molecule has 0 radical (unpaired) electrons. The Bertz CT molecular complexity index is 836. The van der Waals surface area contributed by atoms with Gasteiger partial charge in [0.05, 0.1) is 21.0 Å². The third-order valence-corrected chi connectivity index (χ3v) is 8.47. The van der Waals surface area contributed by atoms with Gasteiger partial charge in [0.2, 0.25) is 15.9 Å². The lowest BCUT2D eigenvalue weighted by Gasteiger charge is -2.40. The van der Waals surface area contributed by atoms with Gasteiger partial charge in [-0.3, -0.25) is 9.69 Å². The molecule has 0 aliphatic carbocycles. The van der Waals surface area contributed by atoms with Crippen molar-refractivity contribution in [3.8, 4) is 0 Å². The number of sulfonamides is 1. The number of carbonyl (C=O) groups excluding carboxylic acids is 1. The topological polar surface area (TPSA) is 64.2 Å². The summed E-state index contributed by atoms with van der Waals surface area (Å²) in [6, 6.07) is 4.09. The van der Waals surface area contributed by atoms with Crippen molar-refractivity contribution >= 4 is 39.1 Å². The molecule has 1 aromatic carbocycles. The van der Waals surface area contributed by atoms with Crippen LogP contribution in [-0.4, -0.2) is 98.3 Å². The predicted molar refractivity (Wildman–Crippen MR) is 115 cm³/mol. The number of carbonyl (C=O) groups is 1. The van der Waals surface area contributed by atoms with Crippen LogP contribution in [0.25, 0.3) is 0 Å². The van der Waals surface area contributed by atoms with Gasteiger partial charge in [-0.25, -0.2) is 8.42 Å². The molecule has 2 fully saturated rings. The first-order valence-corrected chi connectivity index (χ1v) is 12.1. The summed E-state index contributed by atoms with van der Waals surface area (Å²) in [6.07, 6.45) is 0. The van der Waals surface area contributed by atoms with Gasteiger partial charge in [0.15, 0.2) is 0 Å². The summed E-state index contributed by atoms with van der Waals surface area (Å²) in [7, 11) is -3.64. The van der Waals surface area contributed by atoms with Crippen molar-refractivity contribution in [2.24, 2.45) is 0 Å². The monoisotopic (exact) mass is 462 g/mol. The molecule has 29 heavy (non-hydrogen) atoms. The second kappa shape index (κ2) is 9.49. The minimum atomic E-state index is -3.64. The molecule has 1 atom stereocenters. The molecule has 162 valence electrons. The highest BCUT2D eigenvalue weighted by Crippen LogP contribution is 2.27. The molecule has 2 saturated heterocycles. The summed E-state index contributed by atoms with van der Waals surface area (Å²) < 4.78 is 27.2. The molecule has 0 bridgehead atoms. The zero-order valence-electron chi connectivity index (χ0n) is 16.9.